The first-order chi connectivity index (χ1) is 7.75. The van der Waals surface area contributed by atoms with Crippen LogP contribution in [-0.2, 0) is 6.54 Å². The van der Waals surface area contributed by atoms with Crippen LogP contribution < -0.4 is 0 Å². The van der Waals surface area contributed by atoms with Crippen LogP contribution in [0.15, 0.2) is 18.2 Å². The van der Waals surface area contributed by atoms with Crippen molar-refractivity contribution in [1.29, 1.82) is 0 Å². The van der Waals surface area contributed by atoms with Gasteiger partial charge >= 0.3 is 5.97 Å². The van der Waals surface area contributed by atoms with Crippen molar-refractivity contribution in [2.45, 2.75) is 6.54 Å². The van der Waals surface area contributed by atoms with Crippen molar-refractivity contribution in [3.63, 3.8) is 0 Å². The maximum absolute atomic E-state index is 10.8. The van der Waals surface area contributed by atoms with Gasteiger partial charge in [-0.1, -0.05) is 6.07 Å². The second-order valence-electron chi connectivity index (χ2n) is 3.71. The van der Waals surface area contributed by atoms with Crippen LogP contribution >= 0.6 is 11.8 Å². The lowest BCUT2D eigenvalue weighted by molar-refractivity contribution is 0.0690. The van der Waals surface area contributed by atoms with Crippen LogP contribution in [-0.4, -0.2) is 45.6 Å². The number of thioether (sulfide) groups is 1. The average Bonchev–Trinajstić information content (AvgIpc) is 2.30. The Kier molecular flexibility index (Phi) is 3.79. The van der Waals surface area contributed by atoms with Gasteiger partial charge in [0.15, 0.2) is 0 Å². The topological polar surface area (TPSA) is 53.4 Å². The summed E-state index contributed by atoms with van der Waals surface area (Å²) in [6.07, 6.45) is 0. The van der Waals surface area contributed by atoms with Crippen molar-refractivity contribution in [3.8, 4) is 0 Å². The first-order valence-corrected chi connectivity index (χ1v) is 6.40. The maximum Gasteiger partial charge on any atom is 0.354 e. The molecule has 0 unspecified atom stereocenters. The molecule has 1 aliphatic heterocycles. The summed E-state index contributed by atoms with van der Waals surface area (Å²) < 4.78 is 0. The van der Waals surface area contributed by atoms with Crippen molar-refractivity contribution >= 4 is 17.7 Å². The van der Waals surface area contributed by atoms with E-state index in [2.05, 4.69) is 9.88 Å². The Bertz CT molecular complexity index is 378. The molecule has 1 fully saturated rings. The number of rotatable bonds is 3. The molecular formula is C11H14N2O2S. The minimum Gasteiger partial charge on any atom is -0.477 e. The van der Waals surface area contributed by atoms with Crippen molar-refractivity contribution in [3.05, 3.63) is 29.6 Å². The van der Waals surface area contributed by atoms with Crippen molar-refractivity contribution < 1.29 is 9.90 Å². The van der Waals surface area contributed by atoms with E-state index in [1.165, 1.54) is 6.07 Å². The standard InChI is InChI=1S/C11H14N2O2S/c14-11(15)10-3-1-2-9(12-10)8-13-4-6-16-7-5-13/h1-3H,4-8H2,(H,14,15). The predicted molar refractivity (Wildman–Crippen MR) is 63.8 cm³/mol. The fourth-order valence-electron chi connectivity index (χ4n) is 1.68. The van der Waals surface area contributed by atoms with Crippen LogP contribution in [0, 0.1) is 0 Å². The molecule has 1 aliphatic rings. The van der Waals surface area contributed by atoms with E-state index in [1.807, 2.05) is 17.8 Å². The Hall–Kier alpha value is -1.07. The normalized spacial score (nSPS) is 17.2. The monoisotopic (exact) mass is 238 g/mol. The first-order valence-electron chi connectivity index (χ1n) is 5.25. The number of pyridine rings is 1. The first kappa shape index (κ1) is 11.4. The van der Waals surface area contributed by atoms with E-state index in [-0.39, 0.29) is 5.69 Å². The smallest absolute Gasteiger partial charge is 0.354 e. The molecule has 4 nitrogen and oxygen atoms in total. The van der Waals surface area contributed by atoms with Crippen LogP contribution in [0.2, 0.25) is 0 Å². The fraction of sp³-hybridized carbons (Fsp3) is 0.455. The molecule has 0 aliphatic carbocycles. The summed E-state index contributed by atoms with van der Waals surface area (Å²) in [6, 6.07) is 5.16. The van der Waals surface area contributed by atoms with E-state index < -0.39 is 5.97 Å². The molecule has 1 aromatic rings. The zero-order valence-corrected chi connectivity index (χ0v) is 9.74. The molecule has 0 bridgehead atoms. The average molecular weight is 238 g/mol. The van der Waals surface area contributed by atoms with Gasteiger partial charge in [-0.25, -0.2) is 9.78 Å². The fourth-order valence-corrected chi connectivity index (χ4v) is 2.65. The number of hydrogen-bond donors (Lipinski definition) is 1. The molecule has 0 atom stereocenters. The van der Waals surface area contributed by atoms with Gasteiger partial charge in [-0.05, 0) is 12.1 Å². The van der Waals surface area contributed by atoms with E-state index in [1.54, 1.807) is 6.07 Å². The number of aromatic carboxylic acids is 1. The summed E-state index contributed by atoms with van der Waals surface area (Å²) in [6.45, 7) is 2.87. The largest absolute Gasteiger partial charge is 0.477 e. The molecule has 2 rings (SSSR count). The predicted octanol–water partition coefficient (Wildman–Crippen LogP) is 1.33. The molecule has 0 amide bonds. The number of carbonyl (C=O) groups is 1. The van der Waals surface area contributed by atoms with Crippen LogP contribution in [0.1, 0.15) is 16.2 Å². The van der Waals surface area contributed by atoms with Gasteiger partial charge in [-0.3, -0.25) is 4.90 Å². The summed E-state index contributed by atoms with van der Waals surface area (Å²) in [5.41, 5.74) is 0.968. The zero-order chi connectivity index (χ0) is 11.4. The van der Waals surface area contributed by atoms with Gasteiger partial charge in [0.2, 0.25) is 0 Å². The van der Waals surface area contributed by atoms with E-state index >= 15 is 0 Å². The van der Waals surface area contributed by atoms with E-state index in [0.29, 0.717) is 0 Å². The molecular weight excluding hydrogens is 224 g/mol. The highest BCUT2D eigenvalue weighted by Crippen LogP contribution is 2.12. The number of carboxylic acids is 1. The van der Waals surface area contributed by atoms with Crippen molar-refractivity contribution in [2.24, 2.45) is 0 Å². The van der Waals surface area contributed by atoms with Crippen LogP contribution in [0.4, 0.5) is 0 Å². The Morgan fingerprint density at radius 3 is 2.88 bits per heavy atom. The summed E-state index contributed by atoms with van der Waals surface area (Å²) in [5, 5.41) is 8.84. The second kappa shape index (κ2) is 5.32. The quantitative estimate of drug-likeness (QED) is 0.861. The molecule has 0 saturated carbocycles. The van der Waals surface area contributed by atoms with Crippen molar-refractivity contribution in [1.82, 2.24) is 9.88 Å². The van der Waals surface area contributed by atoms with Crippen LogP contribution in [0.25, 0.3) is 0 Å². The summed E-state index contributed by atoms with van der Waals surface area (Å²) in [5.74, 6) is 1.34. The minimum atomic E-state index is -0.962. The van der Waals surface area contributed by atoms with Crippen LogP contribution in [0.3, 0.4) is 0 Å². The van der Waals surface area contributed by atoms with E-state index in [0.717, 1.165) is 36.8 Å². The lowest BCUT2D eigenvalue weighted by Crippen LogP contribution is -2.32. The third kappa shape index (κ3) is 2.96. The number of aromatic nitrogens is 1. The molecule has 1 aromatic heterocycles. The Morgan fingerprint density at radius 2 is 2.19 bits per heavy atom. The third-order valence-corrected chi connectivity index (χ3v) is 3.46. The molecule has 1 N–H and O–H groups in total. The number of carboxylic acid groups (broad SMARTS) is 1. The molecule has 5 heteroatoms. The minimum absolute atomic E-state index is 0.129. The van der Waals surface area contributed by atoms with Gasteiger partial charge in [0.1, 0.15) is 5.69 Å². The Morgan fingerprint density at radius 1 is 1.44 bits per heavy atom. The van der Waals surface area contributed by atoms with Crippen molar-refractivity contribution in [2.75, 3.05) is 24.6 Å². The highest BCUT2D eigenvalue weighted by atomic mass is 32.2. The highest BCUT2D eigenvalue weighted by Gasteiger charge is 2.12. The molecule has 0 radical (unpaired) electrons. The molecule has 1 saturated heterocycles. The summed E-state index contributed by atoms with van der Waals surface area (Å²) in [7, 11) is 0. The van der Waals surface area contributed by atoms with Gasteiger partial charge in [-0.2, -0.15) is 11.8 Å². The van der Waals surface area contributed by atoms with Crippen LogP contribution in [0.5, 0.6) is 0 Å². The SMILES string of the molecule is O=C(O)c1cccc(CN2CCSCC2)n1. The molecule has 2 heterocycles. The van der Waals surface area contributed by atoms with Gasteiger partial charge in [-0.15, -0.1) is 0 Å². The van der Waals surface area contributed by atoms with Gasteiger partial charge in [0, 0.05) is 31.1 Å². The van der Waals surface area contributed by atoms with Gasteiger partial charge in [0.05, 0.1) is 5.69 Å². The maximum atomic E-state index is 10.8. The summed E-state index contributed by atoms with van der Waals surface area (Å²) >= 11 is 1.96. The zero-order valence-electron chi connectivity index (χ0n) is 8.93. The molecule has 16 heavy (non-hydrogen) atoms. The summed E-state index contributed by atoms with van der Waals surface area (Å²) in [4.78, 5) is 17.2. The highest BCUT2D eigenvalue weighted by molar-refractivity contribution is 7.99. The molecule has 0 spiro atoms. The third-order valence-electron chi connectivity index (χ3n) is 2.52. The molecule has 86 valence electrons. The Balaban J connectivity index is 2.02. The Labute approximate surface area is 98.7 Å². The number of hydrogen-bond acceptors (Lipinski definition) is 4. The second-order valence-corrected chi connectivity index (χ2v) is 4.93. The molecule has 0 aromatic carbocycles. The lowest BCUT2D eigenvalue weighted by atomic mass is 10.3. The number of nitrogens with zero attached hydrogens (tertiary/aromatic N) is 2. The van der Waals surface area contributed by atoms with E-state index in [4.69, 9.17) is 5.11 Å². The van der Waals surface area contributed by atoms with Gasteiger partial charge < -0.3 is 5.11 Å². The van der Waals surface area contributed by atoms with Gasteiger partial charge in [0.25, 0.3) is 0 Å². The lowest BCUT2D eigenvalue weighted by Gasteiger charge is -2.25. The van der Waals surface area contributed by atoms with E-state index in [9.17, 15) is 4.79 Å².